The summed E-state index contributed by atoms with van der Waals surface area (Å²) in [5.74, 6) is 0. The molecule has 0 saturated heterocycles. The Morgan fingerprint density at radius 1 is 0.615 bits per heavy atom. The van der Waals surface area contributed by atoms with Gasteiger partial charge in [0.05, 0.1) is 10.2 Å². The van der Waals surface area contributed by atoms with Crippen LogP contribution in [0, 0.1) is 10.4 Å². The summed E-state index contributed by atoms with van der Waals surface area (Å²) in [5, 5.41) is 3.98. The molecule has 0 N–H and O–H groups in total. The summed E-state index contributed by atoms with van der Waals surface area (Å²) in [4.78, 5) is 0. The van der Waals surface area contributed by atoms with Crippen LogP contribution in [0.15, 0.2) is 54.6 Å². The summed E-state index contributed by atoms with van der Waals surface area (Å²) in [7, 11) is 3.36. The van der Waals surface area contributed by atoms with E-state index in [1.165, 1.54) is 10.4 Å². The summed E-state index contributed by atoms with van der Waals surface area (Å²) >= 11 is 0. The third-order valence-corrected chi connectivity index (χ3v) is 2.33. The number of rotatable bonds is 0. The van der Waals surface area contributed by atoms with Gasteiger partial charge in [-0.2, -0.15) is 0 Å². The standard InChI is InChI=1S/C6H5Si.C6H4/c7-6-4-2-1-3-5-6;1-2-6-4-3-5(1)6/h1-5H;1-4H. The number of hydrogen-bond acceptors (Lipinski definition) is 0. The average molecular weight is 181 g/mol. The molecule has 1 aromatic rings. The first-order chi connectivity index (χ1) is 6.36. The fourth-order valence-electron chi connectivity index (χ4n) is 1.10. The highest BCUT2D eigenvalue weighted by molar-refractivity contribution is 6.32. The van der Waals surface area contributed by atoms with Crippen LogP contribution in [0.5, 0.6) is 0 Å². The molecule has 0 atom stereocenters. The molecular weight excluding hydrogens is 172 g/mol. The largest absolute Gasteiger partial charge is 0.0711 e. The Morgan fingerprint density at radius 2 is 1.08 bits per heavy atom. The van der Waals surface area contributed by atoms with Gasteiger partial charge >= 0.3 is 0 Å². The molecule has 1 heteroatoms. The molecular formula is C12H9Si. The smallest absolute Gasteiger partial charge is 0.0674 e. The summed E-state index contributed by atoms with van der Waals surface area (Å²) in [5.41, 5.74) is 0. The SMILES string of the molecule is [Si]c1ccccc1.c1cc2ccc1=2. The zero-order valence-electron chi connectivity index (χ0n) is 7.20. The highest BCUT2D eigenvalue weighted by Crippen LogP contribution is 2.04. The van der Waals surface area contributed by atoms with Crippen LogP contribution in [0.1, 0.15) is 0 Å². The van der Waals surface area contributed by atoms with E-state index in [9.17, 15) is 0 Å². The lowest BCUT2D eigenvalue weighted by atomic mass is 10.1. The lowest BCUT2D eigenvalue weighted by Gasteiger charge is -1.95. The van der Waals surface area contributed by atoms with Crippen LogP contribution in [0.25, 0.3) is 0 Å². The van der Waals surface area contributed by atoms with Crippen LogP contribution in [-0.4, -0.2) is 10.2 Å². The van der Waals surface area contributed by atoms with Gasteiger partial charge in [0, 0.05) is 0 Å². The Labute approximate surface area is 81.0 Å². The highest BCUT2D eigenvalue weighted by Gasteiger charge is 1.88. The van der Waals surface area contributed by atoms with Crippen LogP contribution in [-0.2, 0) is 0 Å². The van der Waals surface area contributed by atoms with E-state index in [0.717, 1.165) is 5.19 Å². The van der Waals surface area contributed by atoms with Gasteiger partial charge in [-0.15, -0.1) is 0 Å². The molecule has 0 saturated carbocycles. The van der Waals surface area contributed by atoms with Crippen molar-refractivity contribution in [2.45, 2.75) is 0 Å². The molecule has 0 amide bonds. The van der Waals surface area contributed by atoms with Crippen molar-refractivity contribution in [3.63, 3.8) is 0 Å². The van der Waals surface area contributed by atoms with Crippen LogP contribution in [0.3, 0.4) is 0 Å². The molecule has 2 aliphatic rings. The van der Waals surface area contributed by atoms with Crippen LogP contribution in [0.2, 0.25) is 0 Å². The first-order valence-electron chi connectivity index (χ1n) is 4.23. The van der Waals surface area contributed by atoms with E-state index in [1.54, 1.807) is 0 Å². The van der Waals surface area contributed by atoms with Crippen LogP contribution >= 0.6 is 0 Å². The molecule has 0 heterocycles. The normalized spacial score (nSPS) is 9.92. The van der Waals surface area contributed by atoms with Gasteiger partial charge < -0.3 is 0 Å². The number of benzene rings is 2. The van der Waals surface area contributed by atoms with E-state index < -0.39 is 0 Å². The predicted molar refractivity (Wildman–Crippen MR) is 55.9 cm³/mol. The molecule has 13 heavy (non-hydrogen) atoms. The fraction of sp³-hybridized carbons (Fsp3) is 0. The summed E-state index contributed by atoms with van der Waals surface area (Å²) < 4.78 is 0. The Hall–Kier alpha value is -1.34. The van der Waals surface area contributed by atoms with Crippen molar-refractivity contribution >= 4 is 15.4 Å². The lowest BCUT2D eigenvalue weighted by Crippen LogP contribution is -1.97. The average Bonchev–Trinajstić information content (AvgIpc) is 2.14. The zero-order chi connectivity index (χ0) is 9.10. The topological polar surface area (TPSA) is 0 Å². The molecule has 0 fully saturated rings. The molecule has 0 aromatic heterocycles. The van der Waals surface area contributed by atoms with Crippen molar-refractivity contribution < 1.29 is 0 Å². The molecule has 0 bridgehead atoms. The fourth-order valence-corrected chi connectivity index (χ4v) is 1.29. The molecule has 61 valence electrons. The van der Waals surface area contributed by atoms with Gasteiger partial charge in [-0.25, -0.2) is 0 Å². The molecule has 0 spiro atoms. The van der Waals surface area contributed by atoms with Gasteiger partial charge in [-0.1, -0.05) is 59.8 Å². The molecule has 0 aliphatic heterocycles. The Morgan fingerprint density at radius 3 is 1.23 bits per heavy atom. The third kappa shape index (κ3) is 1.87. The number of hydrogen-bond donors (Lipinski definition) is 0. The Kier molecular flexibility index (Phi) is 2.28. The minimum atomic E-state index is 1.13. The molecule has 2 aliphatic carbocycles. The van der Waals surface area contributed by atoms with Crippen molar-refractivity contribution in [3.8, 4) is 0 Å². The van der Waals surface area contributed by atoms with Crippen LogP contribution < -0.4 is 5.19 Å². The molecule has 3 radical (unpaired) electrons. The lowest BCUT2D eigenvalue weighted by molar-refractivity contribution is 1.38. The predicted octanol–water partition coefficient (Wildman–Crippen LogP) is 1.77. The minimum absolute atomic E-state index is 1.13. The van der Waals surface area contributed by atoms with Crippen LogP contribution in [0.4, 0.5) is 0 Å². The van der Waals surface area contributed by atoms with E-state index in [-0.39, 0.29) is 0 Å². The minimum Gasteiger partial charge on any atom is -0.0674 e. The van der Waals surface area contributed by atoms with Crippen molar-refractivity contribution in [2.24, 2.45) is 0 Å². The highest BCUT2D eigenvalue weighted by atomic mass is 28.1. The Balaban J connectivity index is 0.000000101. The van der Waals surface area contributed by atoms with E-state index in [0.29, 0.717) is 0 Å². The van der Waals surface area contributed by atoms with Gasteiger partial charge in [-0.3, -0.25) is 0 Å². The zero-order valence-corrected chi connectivity index (χ0v) is 8.20. The second-order valence-electron chi connectivity index (χ2n) is 2.94. The monoisotopic (exact) mass is 181 g/mol. The van der Waals surface area contributed by atoms with E-state index in [2.05, 4.69) is 34.5 Å². The molecule has 0 nitrogen and oxygen atoms in total. The van der Waals surface area contributed by atoms with E-state index >= 15 is 0 Å². The Bertz CT molecular complexity index is 424. The van der Waals surface area contributed by atoms with Crippen molar-refractivity contribution in [1.82, 2.24) is 0 Å². The maximum atomic E-state index is 3.36. The first-order valence-corrected chi connectivity index (χ1v) is 4.73. The quantitative estimate of drug-likeness (QED) is 0.464. The van der Waals surface area contributed by atoms with Crippen molar-refractivity contribution in [2.75, 3.05) is 0 Å². The molecule has 0 unspecified atom stereocenters. The molecule has 3 rings (SSSR count). The van der Waals surface area contributed by atoms with Gasteiger partial charge in [0.15, 0.2) is 0 Å². The maximum Gasteiger partial charge on any atom is 0.0711 e. The first kappa shape index (κ1) is 8.26. The summed E-state index contributed by atoms with van der Waals surface area (Å²) in [6.07, 6.45) is 0. The molecule has 1 aromatic carbocycles. The third-order valence-electron chi connectivity index (χ3n) is 1.99. The maximum absolute atomic E-state index is 3.36. The van der Waals surface area contributed by atoms with Gasteiger partial charge in [-0.05, 0) is 10.4 Å². The van der Waals surface area contributed by atoms with Gasteiger partial charge in [0.2, 0.25) is 0 Å². The van der Waals surface area contributed by atoms with E-state index in [1.807, 2.05) is 30.3 Å². The van der Waals surface area contributed by atoms with Crippen molar-refractivity contribution in [3.05, 3.63) is 65.0 Å². The second-order valence-corrected chi connectivity index (χ2v) is 3.52. The second kappa shape index (κ2) is 3.58. The summed E-state index contributed by atoms with van der Waals surface area (Å²) in [6, 6.07) is 18.4. The summed E-state index contributed by atoms with van der Waals surface area (Å²) in [6.45, 7) is 0. The van der Waals surface area contributed by atoms with Gasteiger partial charge in [0.25, 0.3) is 0 Å². The van der Waals surface area contributed by atoms with E-state index in [4.69, 9.17) is 0 Å². The van der Waals surface area contributed by atoms with Gasteiger partial charge in [0.1, 0.15) is 0 Å². The van der Waals surface area contributed by atoms with Crippen molar-refractivity contribution in [1.29, 1.82) is 0 Å².